The first-order chi connectivity index (χ1) is 11.1. The summed E-state index contributed by atoms with van der Waals surface area (Å²) in [6.45, 7) is 3.41. The van der Waals surface area contributed by atoms with E-state index in [1.54, 1.807) is 13.8 Å². The fraction of sp³-hybridized carbons (Fsp3) is 0.429. The monoisotopic (exact) mass is 393 g/mol. The molecule has 0 aliphatic carbocycles. The Kier molecular flexibility index (Phi) is 5.45. The van der Waals surface area contributed by atoms with E-state index in [-0.39, 0.29) is 28.5 Å². The van der Waals surface area contributed by atoms with E-state index < -0.39 is 18.5 Å². The third kappa shape index (κ3) is 2.79. The predicted octanol–water partition coefficient (Wildman–Crippen LogP) is 3.12. The van der Waals surface area contributed by atoms with Gasteiger partial charge in [0, 0.05) is 15.6 Å². The van der Waals surface area contributed by atoms with Gasteiger partial charge in [-0.25, -0.2) is 9.67 Å². The molecule has 0 aliphatic rings. The summed E-state index contributed by atoms with van der Waals surface area (Å²) >= 11 is 12.0. The highest BCUT2D eigenvalue weighted by molar-refractivity contribution is 7.53. The molecule has 3 N–H and O–H groups in total. The van der Waals surface area contributed by atoms with E-state index in [0.717, 1.165) is 0 Å². The van der Waals surface area contributed by atoms with Gasteiger partial charge in [0.15, 0.2) is 0 Å². The van der Waals surface area contributed by atoms with Crippen LogP contribution in [0.4, 0.5) is 0 Å². The second-order valence-electron chi connectivity index (χ2n) is 5.42. The highest BCUT2D eigenvalue weighted by Crippen LogP contribution is 2.65. The number of aromatic nitrogens is 3. The zero-order chi connectivity index (χ0) is 18.2. The lowest BCUT2D eigenvalue weighted by Gasteiger charge is -2.46. The highest BCUT2D eigenvalue weighted by atomic mass is 35.5. The van der Waals surface area contributed by atoms with E-state index in [0.29, 0.717) is 0 Å². The fourth-order valence-corrected chi connectivity index (χ4v) is 5.19. The maximum atomic E-state index is 12.4. The van der Waals surface area contributed by atoms with Gasteiger partial charge in [-0.15, -0.1) is 0 Å². The molecule has 24 heavy (non-hydrogen) atoms. The average Bonchev–Trinajstić information content (AvgIpc) is 3.02. The van der Waals surface area contributed by atoms with E-state index in [9.17, 15) is 19.5 Å². The number of benzene rings is 1. The van der Waals surface area contributed by atoms with Crippen LogP contribution in [0.25, 0.3) is 0 Å². The molecule has 132 valence electrons. The summed E-state index contributed by atoms with van der Waals surface area (Å²) in [4.78, 5) is 24.0. The summed E-state index contributed by atoms with van der Waals surface area (Å²) in [5.41, 5.74) is -1.57. The van der Waals surface area contributed by atoms with E-state index in [4.69, 9.17) is 23.2 Å². The predicted molar refractivity (Wildman–Crippen MR) is 91.0 cm³/mol. The third-order valence-electron chi connectivity index (χ3n) is 4.40. The lowest BCUT2D eigenvalue weighted by Crippen LogP contribution is -2.53. The molecule has 1 unspecified atom stereocenters. The maximum Gasteiger partial charge on any atom is 0.364 e. The van der Waals surface area contributed by atoms with Gasteiger partial charge in [0.05, 0.1) is 0 Å². The van der Waals surface area contributed by atoms with Crippen LogP contribution in [0, 0.1) is 0 Å². The topological polar surface area (TPSA) is 108 Å². The summed E-state index contributed by atoms with van der Waals surface area (Å²) < 4.78 is 13.7. The molecule has 0 amide bonds. The Hall–Kier alpha value is -0.950. The lowest BCUT2D eigenvalue weighted by atomic mass is 9.82. The third-order valence-corrected chi connectivity index (χ3v) is 6.45. The van der Waals surface area contributed by atoms with Crippen molar-refractivity contribution in [3.8, 4) is 0 Å². The summed E-state index contributed by atoms with van der Waals surface area (Å²) in [7, 11) is -5.11. The molecule has 0 bridgehead atoms. The number of nitrogens with zero attached hydrogens (tertiary/aromatic N) is 3. The van der Waals surface area contributed by atoms with Gasteiger partial charge < -0.3 is 14.9 Å². The minimum absolute atomic E-state index is 0.0419. The zero-order valence-corrected chi connectivity index (χ0v) is 15.5. The van der Waals surface area contributed by atoms with Gasteiger partial charge in [-0.1, -0.05) is 43.1 Å². The van der Waals surface area contributed by atoms with Crippen molar-refractivity contribution in [1.29, 1.82) is 0 Å². The van der Waals surface area contributed by atoms with Crippen molar-refractivity contribution in [2.45, 2.75) is 37.6 Å². The van der Waals surface area contributed by atoms with Gasteiger partial charge in [-0.3, -0.25) is 4.57 Å². The van der Waals surface area contributed by atoms with Gasteiger partial charge in [0.2, 0.25) is 5.34 Å². The number of halogens is 2. The van der Waals surface area contributed by atoms with Crippen molar-refractivity contribution in [3.05, 3.63) is 46.5 Å². The first-order valence-electron chi connectivity index (χ1n) is 7.22. The van der Waals surface area contributed by atoms with Crippen LogP contribution >= 0.6 is 30.8 Å². The van der Waals surface area contributed by atoms with Crippen LogP contribution in [-0.4, -0.2) is 29.7 Å². The van der Waals surface area contributed by atoms with Crippen molar-refractivity contribution in [2.24, 2.45) is 0 Å². The van der Waals surface area contributed by atoms with E-state index in [1.807, 2.05) is 0 Å². The van der Waals surface area contributed by atoms with Crippen LogP contribution in [-0.2, 0) is 15.4 Å². The number of aliphatic hydroxyl groups is 1. The van der Waals surface area contributed by atoms with Crippen LogP contribution < -0.4 is 0 Å². The molecule has 0 fully saturated rings. The molecular weight excluding hydrogens is 376 g/mol. The molecule has 1 aromatic heterocycles. The highest BCUT2D eigenvalue weighted by Gasteiger charge is 2.63. The van der Waals surface area contributed by atoms with Crippen molar-refractivity contribution in [3.63, 3.8) is 0 Å². The SMILES string of the molecule is CCC(CC)(n1cncn1)C(O)(c1ccc(Cl)cc1Cl)P(=O)(O)O. The standard InChI is InChI=1S/C14H18Cl2N3O4P/c1-3-13(4-2,19-9-17-8-18-19)14(20,24(21,22)23)11-6-5-10(15)7-12(11)16/h5-9,20H,3-4H2,1-2H3,(H2,21,22,23). The smallest absolute Gasteiger partial charge is 0.364 e. The summed E-state index contributed by atoms with van der Waals surface area (Å²) in [5, 5.41) is 13.0. The Labute approximate surface area is 149 Å². The average molecular weight is 394 g/mol. The zero-order valence-electron chi connectivity index (χ0n) is 13.1. The molecule has 1 aromatic carbocycles. The van der Waals surface area contributed by atoms with Gasteiger partial charge in [0.25, 0.3) is 0 Å². The van der Waals surface area contributed by atoms with Crippen molar-refractivity contribution in [2.75, 3.05) is 0 Å². The van der Waals surface area contributed by atoms with Crippen molar-refractivity contribution >= 4 is 30.8 Å². The Bertz CT molecular complexity index is 761. The molecule has 1 heterocycles. The van der Waals surface area contributed by atoms with Crippen LogP contribution in [0.1, 0.15) is 32.3 Å². The molecule has 7 nitrogen and oxygen atoms in total. The molecule has 0 saturated heterocycles. The van der Waals surface area contributed by atoms with Gasteiger partial charge in [-0.05, 0) is 25.0 Å². The second kappa shape index (κ2) is 6.75. The van der Waals surface area contributed by atoms with Gasteiger partial charge in [0.1, 0.15) is 18.2 Å². The van der Waals surface area contributed by atoms with Gasteiger partial charge >= 0.3 is 7.60 Å². The Morgan fingerprint density at radius 2 is 1.88 bits per heavy atom. The quantitative estimate of drug-likeness (QED) is 0.650. The molecule has 0 radical (unpaired) electrons. The fourth-order valence-electron chi connectivity index (χ4n) is 3.11. The Morgan fingerprint density at radius 3 is 2.29 bits per heavy atom. The Balaban J connectivity index is 2.88. The van der Waals surface area contributed by atoms with Crippen LogP contribution in [0.2, 0.25) is 10.0 Å². The molecular formula is C14H18Cl2N3O4P. The Morgan fingerprint density at radius 1 is 1.25 bits per heavy atom. The van der Waals surface area contributed by atoms with E-state index in [1.165, 1.54) is 35.5 Å². The van der Waals surface area contributed by atoms with Crippen LogP contribution in [0.3, 0.4) is 0 Å². The lowest BCUT2D eigenvalue weighted by molar-refractivity contribution is -0.0440. The van der Waals surface area contributed by atoms with Crippen molar-refractivity contribution < 1.29 is 19.5 Å². The largest absolute Gasteiger partial charge is 0.371 e. The van der Waals surface area contributed by atoms with Crippen LogP contribution in [0.5, 0.6) is 0 Å². The van der Waals surface area contributed by atoms with E-state index >= 15 is 0 Å². The maximum absolute atomic E-state index is 12.4. The molecule has 2 rings (SSSR count). The van der Waals surface area contributed by atoms with Crippen molar-refractivity contribution in [1.82, 2.24) is 14.8 Å². The summed E-state index contributed by atoms with van der Waals surface area (Å²) in [6, 6.07) is 4.07. The molecule has 1 atom stereocenters. The summed E-state index contributed by atoms with van der Waals surface area (Å²) in [6.07, 6.45) is 2.90. The minimum atomic E-state index is -5.11. The molecule has 0 spiro atoms. The van der Waals surface area contributed by atoms with Crippen LogP contribution in [0.15, 0.2) is 30.9 Å². The number of hydrogen-bond acceptors (Lipinski definition) is 4. The molecule has 10 heteroatoms. The van der Waals surface area contributed by atoms with E-state index in [2.05, 4.69) is 10.1 Å². The number of hydrogen-bond donors (Lipinski definition) is 3. The molecule has 0 aliphatic heterocycles. The van der Waals surface area contributed by atoms with Gasteiger partial charge in [-0.2, -0.15) is 5.10 Å². The normalized spacial score (nSPS) is 15.3. The summed E-state index contributed by atoms with van der Waals surface area (Å²) in [5.74, 6) is 0. The number of rotatable bonds is 6. The second-order valence-corrected chi connectivity index (χ2v) is 8.00. The first kappa shape index (κ1) is 19.4. The molecule has 0 saturated carbocycles. The molecule has 2 aromatic rings. The minimum Gasteiger partial charge on any atom is -0.371 e. The first-order valence-corrected chi connectivity index (χ1v) is 9.59.